The third kappa shape index (κ3) is 2.90. The van der Waals surface area contributed by atoms with Crippen LogP contribution in [-0.4, -0.2) is 35.7 Å². The third-order valence-corrected chi connectivity index (χ3v) is 5.05. The van der Waals surface area contributed by atoms with Crippen LogP contribution >= 0.6 is 0 Å². The van der Waals surface area contributed by atoms with E-state index in [1.54, 1.807) is 36.4 Å². The van der Waals surface area contributed by atoms with Crippen LogP contribution in [0, 0.1) is 0 Å². The fourth-order valence-corrected chi connectivity index (χ4v) is 3.62. The largest absolute Gasteiger partial charge is 0.342 e. The van der Waals surface area contributed by atoms with E-state index in [-0.39, 0.29) is 17.7 Å². The number of imide groups is 1. The Hall–Kier alpha value is -2.95. The Balaban J connectivity index is 1.49. The van der Waals surface area contributed by atoms with Gasteiger partial charge in [-0.2, -0.15) is 0 Å². The molecule has 5 heteroatoms. The van der Waals surface area contributed by atoms with Gasteiger partial charge in [0.05, 0.1) is 23.2 Å². The molecule has 0 radical (unpaired) electrons. The number of piperidine rings is 1. The Morgan fingerprint density at radius 2 is 1.38 bits per heavy atom. The van der Waals surface area contributed by atoms with Gasteiger partial charge in [0.15, 0.2) is 0 Å². The molecular weight excluding hydrogens is 328 g/mol. The van der Waals surface area contributed by atoms with E-state index in [0.29, 0.717) is 23.2 Å². The summed E-state index contributed by atoms with van der Waals surface area (Å²) in [7, 11) is 0. The summed E-state index contributed by atoms with van der Waals surface area (Å²) in [6.45, 7) is 1.68. The molecule has 2 aliphatic rings. The lowest BCUT2D eigenvalue weighted by Gasteiger charge is -2.26. The van der Waals surface area contributed by atoms with Gasteiger partial charge in [0.2, 0.25) is 5.91 Å². The molecule has 0 unspecified atom stereocenters. The smallest absolute Gasteiger partial charge is 0.266 e. The molecule has 2 aromatic rings. The first-order chi connectivity index (χ1) is 12.6. The van der Waals surface area contributed by atoms with Crippen LogP contribution in [0.15, 0.2) is 48.5 Å². The lowest BCUT2D eigenvalue weighted by molar-refractivity contribution is -0.131. The number of benzene rings is 2. The SMILES string of the molecule is O=C(Cc1ccc(N2C(=O)c3ccccc3C2=O)cc1)N1CCCCC1. The van der Waals surface area contributed by atoms with Crippen LogP contribution in [0.2, 0.25) is 0 Å². The van der Waals surface area contributed by atoms with Gasteiger partial charge in [-0.15, -0.1) is 0 Å². The highest BCUT2D eigenvalue weighted by atomic mass is 16.2. The zero-order valence-electron chi connectivity index (χ0n) is 14.5. The standard InChI is InChI=1S/C21H20N2O3/c24-19(22-12-4-1-5-13-22)14-15-8-10-16(11-9-15)23-20(25)17-6-2-3-7-18(17)21(23)26/h2-3,6-11H,1,4-5,12-14H2. The van der Waals surface area contributed by atoms with Crippen molar-refractivity contribution in [3.05, 3.63) is 65.2 Å². The minimum Gasteiger partial charge on any atom is -0.342 e. The molecule has 1 saturated heterocycles. The van der Waals surface area contributed by atoms with Gasteiger partial charge in [0, 0.05) is 13.1 Å². The quantitative estimate of drug-likeness (QED) is 0.801. The summed E-state index contributed by atoms with van der Waals surface area (Å²) in [6, 6.07) is 14.0. The normalized spacial score (nSPS) is 16.8. The fraction of sp³-hybridized carbons (Fsp3) is 0.286. The first-order valence-corrected chi connectivity index (χ1v) is 9.00. The van der Waals surface area contributed by atoms with E-state index in [0.717, 1.165) is 31.5 Å². The van der Waals surface area contributed by atoms with Gasteiger partial charge in [-0.1, -0.05) is 24.3 Å². The Bertz CT molecular complexity index is 832. The van der Waals surface area contributed by atoms with Crippen molar-refractivity contribution in [1.29, 1.82) is 0 Å². The molecule has 0 bridgehead atoms. The first-order valence-electron chi connectivity index (χ1n) is 9.00. The van der Waals surface area contributed by atoms with Crippen molar-refractivity contribution >= 4 is 23.4 Å². The minimum absolute atomic E-state index is 0.137. The highest BCUT2D eigenvalue weighted by molar-refractivity contribution is 6.34. The Morgan fingerprint density at radius 3 is 1.96 bits per heavy atom. The van der Waals surface area contributed by atoms with Gasteiger partial charge in [0.1, 0.15) is 0 Å². The van der Waals surface area contributed by atoms with Crippen molar-refractivity contribution < 1.29 is 14.4 Å². The van der Waals surface area contributed by atoms with Crippen molar-refractivity contribution in [2.45, 2.75) is 25.7 Å². The van der Waals surface area contributed by atoms with Gasteiger partial charge in [-0.3, -0.25) is 14.4 Å². The molecule has 0 N–H and O–H groups in total. The van der Waals surface area contributed by atoms with E-state index < -0.39 is 0 Å². The van der Waals surface area contributed by atoms with Gasteiger partial charge < -0.3 is 4.90 Å². The molecule has 2 heterocycles. The molecule has 0 spiro atoms. The van der Waals surface area contributed by atoms with E-state index in [9.17, 15) is 14.4 Å². The number of carbonyl (C=O) groups excluding carboxylic acids is 3. The number of hydrogen-bond acceptors (Lipinski definition) is 3. The molecule has 0 saturated carbocycles. The highest BCUT2D eigenvalue weighted by Gasteiger charge is 2.36. The van der Waals surface area contributed by atoms with E-state index in [1.807, 2.05) is 17.0 Å². The molecule has 0 atom stereocenters. The molecule has 2 aromatic carbocycles. The number of amides is 3. The molecule has 3 amide bonds. The van der Waals surface area contributed by atoms with Crippen LogP contribution in [0.1, 0.15) is 45.5 Å². The predicted molar refractivity (Wildman–Crippen MR) is 98.2 cm³/mol. The van der Waals surface area contributed by atoms with Gasteiger partial charge >= 0.3 is 0 Å². The summed E-state index contributed by atoms with van der Waals surface area (Å²) >= 11 is 0. The number of hydrogen-bond donors (Lipinski definition) is 0. The highest BCUT2D eigenvalue weighted by Crippen LogP contribution is 2.28. The number of fused-ring (bicyclic) bond motifs is 1. The van der Waals surface area contributed by atoms with Gasteiger partial charge in [-0.05, 0) is 49.1 Å². The molecule has 2 aliphatic heterocycles. The van der Waals surface area contributed by atoms with Crippen molar-refractivity contribution in [1.82, 2.24) is 4.90 Å². The van der Waals surface area contributed by atoms with Crippen LogP contribution in [0.25, 0.3) is 0 Å². The van der Waals surface area contributed by atoms with Crippen molar-refractivity contribution in [2.24, 2.45) is 0 Å². The predicted octanol–water partition coefficient (Wildman–Crippen LogP) is 3.04. The lowest BCUT2D eigenvalue weighted by Crippen LogP contribution is -2.36. The molecule has 0 aromatic heterocycles. The summed E-state index contributed by atoms with van der Waals surface area (Å²) in [6.07, 6.45) is 3.69. The average Bonchev–Trinajstić information content (AvgIpc) is 2.94. The van der Waals surface area contributed by atoms with E-state index in [4.69, 9.17) is 0 Å². The molecule has 4 rings (SSSR count). The molecule has 132 valence electrons. The summed E-state index contributed by atoms with van der Waals surface area (Å²) < 4.78 is 0. The van der Waals surface area contributed by atoms with Crippen LogP contribution in [0.4, 0.5) is 5.69 Å². The summed E-state index contributed by atoms with van der Waals surface area (Å²) in [5.74, 6) is -0.469. The van der Waals surface area contributed by atoms with Crippen LogP contribution in [0.3, 0.4) is 0 Å². The number of anilines is 1. The zero-order valence-corrected chi connectivity index (χ0v) is 14.5. The van der Waals surface area contributed by atoms with Crippen molar-refractivity contribution in [3.8, 4) is 0 Å². The second-order valence-electron chi connectivity index (χ2n) is 6.78. The third-order valence-electron chi connectivity index (χ3n) is 5.05. The number of rotatable bonds is 3. The van der Waals surface area contributed by atoms with Crippen LogP contribution in [-0.2, 0) is 11.2 Å². The maximum absolute atomic E-state index is 12.5. The summed E-state index contributed by atoms with van der Waals surface area (Å²) in [5, 5.41) is 0. The number of nitrogens with zero attached hydrogens (tertiary/aromatic N) is 2. The molecule has 1 fully saturated rings. The van der Waals surface area contributed by atoms with Crippen molar-refractivity contribution in [3.63, 3.8) is 0 Å². The van der Waals surface area contributed by atoms with Crippen molar-refractivity contribution in [2.75, 3.05) is 18.0 Å². The van der Waals surface area contributed by atoms with Gasteiger partial charge in [-0.25, -0.2) is 4.90 Å². The Kier molecular flexibility index (Phi) is 4.29. The molecule has 26 heavy (non-hydrogen) atoms. The molecular formula is C21H20N2O3. The topological polar surface area (TPSA) is 57.7 Å². The Morgan fingerprint density at radius 1 is 0.808 bits per heavy atom. The summed E-state index contributed by atoms with van der Waals surface area (Å²) in [5.41, 5.74) is 2.29. The van der Waals surface area contributed by atoms with E-state index in [1.165, 1.54) is 11.3 Å². The lowest BCUT2D eigenvalue weighted by atomic mass is 10.1. The second-order valence-corrected chi connectivity index (χ2v) is 6.78. The van der Waals surface area contributed by atoms with Gasteiger partial charge in [0.25, 0.3) is 11.8 Å². The Labute approximate surface area is 152 Å². The fourth-order valence-electron chi connectivity index (χ4n) is 3.62. The average molecular weight is 348 g/mol. The second kappa shape index (κ2) is 6.75. The summed E-state index contributed by atoms with van der Waals surface area (Å²) in [4.78, 5) is 40.5. The monoisotopic (exact) mass is 348 g/mol. The first kappa shape index (κ1) is 16.5. The number of carbonyl (C=O) groups is 3. The van der Waals surface area contributed by atoms with E-state index >= 15 is 0 Å². The van der Waals surface area contributed by atoms with Crippen LogP contribution in [0.5, 0.6) is 0 Å². The van der Waals surface area contributed by atoms with E-state index in [2.05, 4.69) is 0 Å². The maximum Gasteiger partial charge on any atom is 0.266 e. The zero-order chi connectivity index (χ0) is 18.1. The molecule has 0 aliphatic carbocycles. The number of likely N-dealkylation sites (tertiary alicyclic amines) is 1. The van der Waals surface area contributed by atoms with Crippen LogP contribution < -0.4 is 4.90 Å². The maximum atomic E-state index is 12.5. The minimum atomic E-state index is -0.303. The molecule has 5 nitrogen and oxygen atoms in total.